The van der Waals surface area contributed by atoms with Gasteiger partial charge in [0.15, 0.2) is 0 Å². The van der Waals surface area contributed by atoms with Crippen molar-refractivity contribution in [2.45, 2.75) is 18.2 Å². The Balaban J connectivity index is 1.63. The van der Waals surface area contributed by atoms with Gasteiger partial charge in [-0.1, -0.05) is 55.5 Å². The summed E-state index contributed by atoms with van der Waals surface area (Å²) >= 11 is 0. The Morgan fingerprint density at radius 3 is 2.31 bits per heavy atom. The van der Waals surface area contributed by atoms with Crippen molar-refractivity contribution < 1.29 is 18.0 Å². The minimum absolute atomic E-state index is 0.158. The molecule has 164 valence electrons. The maximum absolute atomic E-state index is 13.3. The fourth-order valence-corrected chi connectivity index (χ4v) is 5.34. The molecule has 4 rings (SSSR count). The van der Waals surface area contributed by atoms with Gasteiger partial charge in [-0.25, -0.2) is 8.42 Å². The molecule has 1 aliphatic heterocycles. The van der Waals surface area contributed by atoms with E-state index in [1.807, 2.05) is 19.1 Å². The smallest absolute Gasteiger partial charge is 0.265 e. The number of carbonyl (C=O) groups excluding carboxylic acids is 2. The molecule has 7 nitrogen and oxygen atoms in total. The lowest BCUT2D eigenvalue weighted by molar-refractivity contribution is -0.114. The van der Waals surface area contributed by atoms with Crippen LogP contribution in [0.15, 0.2) is 77.7 Å². The van der Waals surface area contributed by atoms with Crippen LogP contribution in [-0.2, 0) is 14.8 Å². The van der Waals surface area contributed by atoms with Crippen molar-refractivity contribution in [3.8, 4) is 11.1 Å². The third-order valence-corrected chi connectivity index (χ3v) is 7.00. The highest BCUT2D eigenvalue weighted by atomic mass is 32.2. The third-order valence-electron chi connectivity index (χ3n) is 5.19. The number of sulfonamides is 1. The van der Waals surface area contributed by atoms with Crippen LogP contribution in [0, 0.1) is 0 Å². The molecule has 0 radical (unpaired) electrons. The Hall–Kier alpha value is -3.65. The maximum Gasteiger partial charge on any atom is 0.265 e. The molecule has 0 fully saturated rings. The number of hydrogen-bond donors (Lipinski definition) is 2. The van der Waals surface area contributed by atoms with E-state index in [2.05, 4.69) is 10.6 Å². The van der Waals surface area contributed by atoms with Crippen LogP contribution in [0.3, 0.4) is 0 Å². The van der Waals surface area contributed by atoms with Gasteiger partial charge < -0.3 is 10.6 Å². The van der Waals surface area contributed by atoms with Crippen LogP contribution in [0.4, 0.5) is 11.4 Å². The first-order chi connectivity index (χ1) is 15.4. The average Bonchev–Trinajstić information content (AvgIpc) is 2.80. The van der Waals surface area contributed by atoms with Crippen molar-refractivity contribution in [1.82, 2.24) is 5.32 Å². The van der Waals surface area contributed by atoms with Gasteiger partial charge in [-0.05, 0) is 30.7 Å². The van der Waals surface area contributed by atoms with Gasteiger partial charge in [0.1, 0.15) is 6.54 Å². The van der Waals surface area contributed by atoms with Gasteiger partial charge in [0, 0.05) is 17.7 Å². The van der Waals surface area contributed by atoms with E-state index in [9.17, 15) is 18.0 Å². The van der Waals surface area contributed by atoms with E-state index < -0.39 is 22.5 Å². The number of fused-ring (bicyclic) bond motifs is 3. The van der Waals surface area contributed by atoms with E-state index in [1.54, 1.807) is 60.7 Å². The van der Waals surface area contributed by atoms with Crippen LogP contribution in [0.25, 0.3) is 11.1 Å². The summed E-state index contributed by atoms with van der Waals surface area (Å²) in [6.45, 7) is 2.05. The van der Waals surface area contributed by atoms with Crippen molar-refractivity contribution in [2.75, 3.05) is 22.7 Å². The molecule has 0 bridgehead atoms. The normalized spacial score (nSPS) is 13.6. The van der Waals surface area contributed by atoms with Crippen molar-refractivity contribution in [2.24, 2.45) is 0 Å². The molecule has 32 heavy (non-hydrogen) atoms. The molecule has 1 aliphatic rings. The Morgan fingerprint density at radius 1 is 0.875 bits per heavy atom. The Labute approximate surface area is 187 Å². The standard InChI is InChI=1S/C24H23N3O4S/c1-2-15-25-24(29)19-11-3-6-12-20(19)26-23(28)16-27-21-13-7-4-9-17(21)18-10-5-8-14-22(18)32(27,30)31/h3-14H,2,15-16H2,1H3,(H,25,29)(H,26,28). The molecule has 0 aliphatic carbocycles. The molecule has 0 saturated carbocycles. The lowest BCUT2D eigenvalue weighted by Crippen LogP contribution is -2.40. The Morgan fingerprint density at radius 2 is 1.53 bits per heavy atom. The highest BCUT2D eigenvalue weighted by molar-refractivity contribution is 7.93. The van der Waals surface area contributed by atoms with E-state index in [0.717, 1.165) is 16.3 Å². The highest BCUT2D eigenvalue weighted by Gasteiger charge is 2.35. The zero-order chi connectivity index (χ0) is 22.7. The van der Waals surface area contributed by atoms with Crippen molar-refractivity contribution >= 4 is 33.2 Å². The average molecular weight is 450 g/mol. The van der Waals surface area contributed by atoms with Gasteiger partial charge in [-0.15, -0.1) is 0 Å². The van der Waals surface area contributed by atoms with E-state index in [1.165, 1.54) is 0 Å². The van der Waals surface area contributed by atoms with E-state index in [-0.39, 0.29) is 10.8 Å². The maximum atomic E-state index is 13.3. The molecule has 2 N–H and O–H groups in total. The number of benzene rings is 3. The van der Waals surface area contributed by atoms with Gasteiger partial charge in [-0.3, -0.25) is 13.9 Å². The second-order valence-electron chi connectivity index (χ2n) is 7.37. The van der Waals surface area contributed by atoms with Gasteiger partial charge in [-0.2, -0.15) is 0 Å². The van der Waals surface area contributed by atoms with Gasteiger partial charge in [0.05, 0.1) is 21.8 Å². The number of hydrogen-bond acceptors (Lipinski definition) is 4. The van der Waals surface area contributed by atoms with Crippen LogP contribution in [0.1, 0.15) is 23.7 Å². The van der Waals surface area contributed by atoms with Crippen LogP contribution in [0.5, 0.6) is 0 Å². The van der Waals surface area contributed by atoms with E-state index in [4.69, 9.17) is 0 Å². The topological polar surface area (TPSA) is 95.6 Å². The summed E-state index contributed by atoms with van der Waals surface area (Å²) in [5, 5.41) is 5.49. The zero-order valence-corrected chi connectivity index (χ0v) is 18.4. The fourth-order valence-electron chi connectivity index (χ4n) is 3.70. The predicted octanol–water partition coefficient (Wildman–Crippen LogP) is 3.64. The summed E-state index contributed by atoms with van der Waals surface area (Å²) in [6.07, 6.45) is 0.786. The van der Waals surface area contributed by atoms with Crippen LogP contribution < -0.4 is 14.9 Å². The monoisotopic (exact) mass is 449 g/mol. The zero-order valence-electron chi connectivity index (χ0n) is 17.5. The molecule has 0 unspecified atom stereocenters. The molecule has 0 saturated heterocycles. The summed E-state index contributed by atoms with van der Waals surface area (Å²) in [7, 11) is -3.93. The second kappa shape index (κ2) is 8.84. The summed E-state index contributed by atoms with van der Waals surface area (Å²) in [6, 6.07) is 20.5. The first-order valence-corrected chi connectivity index (χ1v) is 11.8. The minimum atomic E-state index is -3.93. The molecule has 2 amide bonds. The molecule has 8 heteroatoms. The number of para-hydroxylation sites is 2. The lowest BCUT2D eigenvalue weighted by Gasteiger charge is -2.31. The van der Waals surface area contributed by atoms with Gasteiger partial charge in [0.25, 0.3) is 15.9 Å². The summed E-state index contributed by atoms with van der Waals surface area (Å²) in [5.74, 6) is -0.842. The molecular formula is C24H23N3O4S. The Kier molecular flexibility index (Phi) is 5.96. The number of nitrogens with one attached hydrogen (secondary N) is 2. The molecule has 0 atom stereocenters. The van der Waals surface area contributed by atoms with Crippen LogP contribution in [0.2, 0.25) is 0 Å². The van der Waals surface area contributed by atoms with E-state index >= 15 is 0 Å². The van der Waals surface area contributed by atoms with Gasteiger partial charge in [0.2, 0.25) is 5.91 Å². The van der Waals surface area contributed by atoms with Crippen molar-refractivity contribution in [3.63, 3.8) is 0 Å². The first kappa shape index (κ1) is 21.6. The molecule has 3 aromatic carbocycles. The van der Waals surface area contributed by atoms with Crippen LogP contribution in [-0.4, -0.2) is 33.3 Å². The third kappa shape index (κ3) is 3.97. The van der Waals surface area contributed by atoms with Crippen LogP contribution >= 0.6 is 0 Å². The quantitative estimate of drug-likeness (QED) is 0.601. The summed E-state index contributed by atoms with van der Waals surface area (Å²) in [5.41, 5.74) is 2.44. The number of carbonyl (C=O) groups is 2. The summed E-state index contributed by atoms with van der Waals surface area (Å²) in [4.78, 5) is 25.5. The van der Waals surface area contributed by atoms with Crippen molar-refractivity contribution in [1.29, 1.82) is 0 Å². The van der Waals surface area contributed by atoms with Crippen molar-refractivity contribution in [3.05, 3.63) is 78.4 Å². The summed E-state index contributed by atoms with van der Waals surface area (Å²) < 4.78 is 27.8. The minimum Gasteiger partial charge on any atom is -0.352 e. The Bertz CT molecular complexity index is 1290. The molecule has 1 heterocycles. The second-order valence-corrected chi connectivity index (χ2v) is 9.21. The molecule has 0 spiro atoms. The SMILES string of the molecule is CCCNC(=O)c1ccccc1NC(=O)CN1c2ccccc2-c2ccccc2S1(=O)=O. The number of anilines is 2. The molecule has 0 aromatic heterocycles. The first-order valence-electron chi connectivity index (χ1n) is 10.3. The fraction of sp³-hybridized carbons (Fsp3) is 0.167. The van der Waals surface area contributed by atoms with Gasteiger partial charge >= 0.3 is 0 Å². The van der Waals surface area contributed by atoms with E-state index in [0.29, 0.717) is 29.0 Å². The number of rotatable bonds is 6. The predicted molar refractivity (Wildman–Crippen MR) is 124 cm³/mol. The number of nitrogens with zero attached hydrogens (tertiary/aromatic N) is 1. The lowest BCUT2D eigenvalue weighted by atomic mass is 10.0. The molecule has 3 aromatic rings. The molecular weight excluding hydrogens is 426 g/mol. The number of amides is 2. The largest absolute Gasteiger partial charge is 0.352 e. The highest BCUT2D eigenvalue weighted by Crippen LogP contribution is 2.42.